The second-order valence-electron chi connectivity index (χ2n) is 8.81. The van der Waals surface area contributed by atoms with E-state index in [1.807, 2.05) is 0 Å². The molecule has 4 saturated carbocycles. The molecule has 1 aromatic carbocycles. The van der Waals surface area contributed by atoms with Gasteiger partial charge in [-0.3, -0.25) is 0 Å². The zero-order valence-electron chi connectivity index (χ0n) is 15.0. The summed E-state index contributed by atoms with van der Waals surface area (Å²) in [5.74, 6) is 2.78. The number of benzene rings is 1. The van der Waals surface area contributed by atoms with Crippen molar-refractivity contribution in [2.45, 2.75) is 65.0 Å². The van der Waals surface area contributed by atoms with E-state index in [2.05, 4.69) is 48.7 Å². The summed E-state index contributed by atoms with van der Waals surface area (Å²) >= 11 is 0. The van der Waals surface area contributed by atoms with Crippen molar-refractivity contribution >= 4 is 6.03 Å². The molecule has 0 radical (unpaired) electrons. The lowest BCUT2D eigenvalue weighted by Gasteiger charge is -2.59. The van der Waals surface area contributed by atoms with Crippen molar-refractivity contribution in [3.63, 3.8) is 0 Å². The van der Waals surface area contributed by atoms with E-state index < -0.39 is 0 Å². The minimum absolute atomic E-state index is 0.0150. The zero-order valence-corrected chi connectivity index (χ0v) is 15.0. The Morgan fingerprint density at radius 3 is 2.17 bits per heavy atom. The molecule has 0 aromatic heterocycles. The lowest BCUT2D eigenvalue weighted by atomic mass is 9.48. The number of carbonyl (C=O) groups is 1. The van der Waals surface area contributed by atoms with Crippen LogP contribution in [0.4, 0.5) is 4.79 Å². The van der Waals surface area contributed by atoms with Crippen molar-refractivity contribution in [3.8, 4) is 0 Å². The van der Waals surface area contributed by atoms with Crippen LogP contribution in [0.1, 0.15) is 56.6 Å². The molecule has 1 aromatic rings. The van der Waals surface area contributed by atoms with Crippen LogP contribution in [0.5, 0.6) is 0 Å². The van der Waals surface area contributed by atoms with Gasteiger partial charge in [0, 0.05) is 12.6 Å². The van der Waals surface area contributed by atoms with Gasteiger partial charge in [-0.25, -0.2) is 4.79 Å². The normalized spacial score (nSPS) is 34.8. The molecule has 0 aliphatic heterocycles. The van der Waals surface area contributed by atoms with Gasteiger partial charge in [0.2, 0.25) is 0 Å². The van der Waals surface area contributed by atoms with Gasteiger partial charge >= 0.3 is 6.03 Å². The summed E-state index contributed by atoms with van der Waals surface area (Å²) in [6.45, 7) is 4.91. The molecule has 4 fully saturated rings. The van der Waals surface area contributed by atoms with Gasteiger partial charge in [0.1, 0.15) is 0 Å². The second-order valence-corrected chi connectivity index (χ2v) is 8.81. The first-order chi connectivity index (χ1) is 11.5. The number of hydrogen-bond acceptors (Lipinski definition) is 1. The summed E-state index contributed by atoms with van der Waals surface area (Å²) in [5.41, 5.74) is 2.77. The summed E-state index contributed by atoms with van der Waals surface area (Å²) < 4.78 is 0. The van der Waals surface area contributed by atoms with E-state index in [0.29, 0.717) is 12.0 Å². The molecule has 0 spiro atoms. The first-order valence-electron chi connectivity index (χ1n) is 9.62. The number of amides is 2. The lowest BCUT2D eigenvalue weighted by molar-refractivity contribution is -0.0682. The average molecular weight is 326 g/mol. The molecule has 24 heavy (non-hydrogen) atoms. The van der Waals surface area contributed by atoms with E-state index >= 15 is 0 Å². The second kappa shape index (κ2) is 6.09. The van der Waals surface area contributed by atoms with Crippen LogP contribution in [0.3, 0.4) is 0 Å². The Hall–Kier alpha value is -1.51. The minimum Gasteiger partial charge on any atom is -0.335 e. The van der Waals surface area contributed by atoms with Gasteiger partial charge < -0.3 is 10.6 Å². The first kappa shape index (κ1) is 16.0. The molecule has 4 bridgehead atoms. The highest BCUT2D eigenvalue weighted by Crippen LogP contribution is 2.61. The zero-order chi connectivity index (χ0) is 16.7. The van der Waals surface area contributed by atoms with E-state index in [9.17, 15) is 4.79 Å². The third-order valence-electron chi connectivity index (χ3n) is 6.93. The van der Waals surface area contributed by atoms with Crippen molar-refractivity contribution in [1.29, 1.82) is 0 Å². The molecular formula is C21H30N2O. The maximum atomic E-state index is 12.4. The maximum Gasteiger partial charge on any atom is 0.315 e. The molecule has 5 rings (SSSR count). The molecule has 130 valence electrons. The fraction of sp³-hybridized carbons (Fsp3) is 0.667. The van der Waals surface area contributed by atoms with Crippen molar-refractivity contribution in [2.75, 3.05) is 0 Å². The fourth-order valence-corrected chi connectivity index (χ4v) is 6.00. The van der Waals surface area contributed by atoms with E-state index in [4.69, 9.17) is 0 Å². The largest absolute Gasteiger partial charge is 0.335 e. The fourth-order valence-electron chi connectivity index (χ4n) is 6.00. The first-order valence-corrected chi connectivity index (χ1v) is 9.62. The smallest absolute Gasteiger partial charge is 0.315 e. The monoisotopic (exact) mass is 326 g/mol. The molecule has 3 nitrogen and oxygen atoms in total. The lowest BCUT2D eigenvalue weighted by Crippen LogP contribution is -2.57. The van der Waals surface area contributed by atoms with Crippen LogP contribution < -0.4 is 10.6 Å². The molecule has 1 unspecified atom stereocenters. The summed E-state index contributed by atoms with van der Waals surface area (Å²) in [7, 11) is 0. The van der Waals surface area contributed by atoms with Gasteiger partial charge in [0.15, 0.2) is 0 Å². The summed E-state index contributed by atoms with van der Waals surface area (Å²) in [4.78, 5) is 12.4. The highest BCUT2D eigenvalue weighted by atomic mass is 16.2. The van der Waals surface area contributed by atoms with Crippen LogP contribution in [0, 0.1) is 30.1 Å². The Morgan fingerprint density at radius 2 is 1.62 bits per heavy atom. The Kier molecular flexibility index (Phi) is 4.06. The number of urea groups is 1. The molecule has 0 saturated heterocycles. The van der Waals surface area contributed by atoms with E-state index in [-0.39, 0.29) is 12.1 Å². The minimum atomic E-state index is -0.0150. The van der Waals surface area contributed by atoms with E-state index in [1.165, 1.54) is 44.1 Å². The Morgan fingerprint density at radius 1 is 1.08 bits per heavy atom. The van der Waals surface area contributed by atoms with Crippen LogP contribution in [0.15, 0.2) is 24.3 Å². The Labute approximate surface area is 145 Å². The number of carbonyl (C=O) groups excluding carboxylic acids is 1. The maximum absolute atomic E-state index is 12.4. The molecule has 1 atom stereocenters. The molecule has 2 N–H and O–H groups in total. The molecule has 3 heteroatoms. The van der Waals surface area contributed by atoms with Gasteiger partial charge in [0.25, 0.3) is 0 Å². The number of rotatable bonds is 4. The summed E-state index contributed by atoms with van der Waals surface area (Å²) in [6, 6.07) is 8.61. The highest BCUT2D eigenvalue weighted by Gasteiger charge is 2.53. The number of aryl methyl sites for hydroxylation is 1. The van der Waals surface area contributed by atoms with Crippen LogP contribution in [-0.2, 0) is 6.54 Å². The van der Waals surface area contributed by atoms with Crippen molar-refractivity contribution in [2.24, 2.45) is 23.2 Å². The van der Waals surface area contributed by atoms with Crippen LogP contribution in [0.2, 0.25) is 0 Å². The Bertz CT molecular complexity index is 571. The van der Waals surface area contributed by atoms with Gasteiger partial charge in [-0.05, 0) is 81.1 Å². The van der Waals surface area contributed by atoms with Gasteiger partial charge in [0.05, 0.1) is 0 Å². The van der Waals surface area contributed by atoms with Crippen LogP contribution in [0.25, 0.3) is 0 Å². The quantitative estimate of drug-likeness (QED) is 0.846. The summed E-state index contributed by atoms with van der Waals surface area (Å²) in [6.07, 6.45) is 8.35. The van der Waals surface area contributed by atoms with Crippen LogP contribution in [-0.4, -0.2) is 12.1 Å². The van der Waals surface area contributed by atoms with Crippen molar-refractivity contribution in [1.82, 2.24) is 10.6 Å². The SMILES string of the molecule is Cc1ccc(CNC(=O)NC(C)C23CC4CC(CC(C4)C2)C3)cc1. The molecule has 0 heterocycles. The predicted molar refractivity (Wildman–Crippen MR) is 96.6 cm³/mol. The van der Waals surface area contributed by atoms with Crippen molar-refractivity contribution < 1.29 is 4.79 Å². The van der Waals surface area contributed by atoms with Crippen LogP contribution >= 0.6 is 0 Å². The molecule has 4 aliphatic rings. The third kappa shape index (κ3) is 3.05. The third-order valence-corrected chi connectivity index (χ3v) is 6.93. The predicted octanol–water partition coefficient (Wildman–Crippen LogP) is 4.40. The van der Waals surface area contributed by atoms with Crippen molar-refractivity contribution in [3.05, 3.63) is 35.4 Å². The standard InChI is InChI=1S/C21H30N2O/c1-14-3-5-16(6-4-14)13-22-20(24)23-15(2)21-10-17-7-18(11-21)9-19(8-17)12-21/h3-6,15,17-19H,7-13H2,1-2H3,(H2,22,23,24). The summed E-state index contributed by atoms with van der Waals surface area (Å²) in [5, 5.41) is 6.30. The molecule has 2 amide bonds. The van der Waals surface area contributed by atoms with Gasteiger partial charge in [-0.1, -0.05) is 29.8 Å². The number of hydrogen-bond donors (Lipinski definition) is 2. The topological polar surface area (TPSA) is 41.1 Å². The molecule has 4 aliphatic carbocycles. The van der Waals surface area contributed by atoms with Gasteiger partial charge in [-0.15, -0.1) is 0 Å². The van der Waals surface area contributed by atoms with E-state index in [1.54, 1.807) is 0 Å². The molecular weight excluding hydrogens is 296 g/mol. The van der Waals surface area contributed by atoms with Gasteiger partial charge in [-0.2, -0.15) is 0 Å². The Balaban J connectivity index is 1.33. The van der Waals surface area contributed by atoms with E-state index in [0.717, 1.165) is 23.3 Å². The number of nitrogens with one attached hydrogen (secondary N) is 2. The highest BCUT2D eigenvalue weighted by molar-refractivity contribution is 5.74. The average Bonchev–Trinajstić information content (AvgIpc) is 2.53.